The van der Waals surface area contributed by atoms with Gasteiger partial charge < -0.3 is 29.9 Å². The van der Waals surface area contributed by atoms with Crippen LogP contribution in [-0.2, 0) is 14.3 Å². The second kappa shape index (κ2) is 11.4. The number of carbonyl (C=O) groups excluding carboxylic acids is 1. The summed E-state index contributed by atoms with van der Waals surface area (Å²) in [6.07, 6.45) is 2.58. The fraction of sp³-hybridized carbons (Fsp3) is 0.429. The Morgan fingerprint density at radius 1 is 1.06 bits per heavy atom. The summed E-state index contributed by atoms with van der Waals surface area (Å²) in [7, 11) is 0. The van der Waals surface area contributed by atoms with Gasteiger partial charge in [0.1, 0.15) is 12.0 Å². The van der Waals surface area contributed by atoms with Gasteiger partial charge in [-0.15, -0.1) is 0 Å². The van der Waals surface area contributed by atoms with Gasteiger partial charge in [-0.2, -0.15) is 0 Å². The van der Waals surface area contributed by atoms with Crippen LogP contribution < -0.4 is 10.6 Å². The number of nitrogens with zero attached hydrogens (tertiary/aromatic N) is 2. The average Bonchev–Trinajstić information content (AvgIpc) is 3.43. The highest BCUT2D eigenvalue weighted by atomic mass is 32.1. The van der Waals surface area contributed by atoms with Crippen LogP contribution in [0.3, 0.4) is 0 Å². The maximum Gasteiger partial charge on any atom is 0.257 e. The molecule has 0 aliphatic carbocycles. The molecule has 3 atom stereocenters. The third-order valence-corrected chi connectivity index (χ3v) is 7.29. The van der Waals surface area contributed by atoms with Crippen LogP contribution in [0.1, 0.15) is 49.5 Å². The maximum atomic E-state index is 14.3. The van der Waals surface area contributed by atoms with Gasteiger partial charge in [-0.3, -0.25) is 4.79 Å². The van der Waals surface area contributed by atoms with Gasteiger partial charge in [0.05, 0.1) is 24.3 Å². The predicted octanol–water partition coefficient (Wildman–Crippen LogP) is 3.87. The fourth-order valence-electron chi connectivity index (χ4n) is 5.19. The zero-order valence-electron chi connectivity index (χ0n) is 20.7. The van der Waals surface area contributed by atoms with E-state index in [0.717, 1.165) is 42.8 Å². The maximum absolute atomic E-state index is 14.3. The van der Waals surface area contributed by atoms with Crippen molar-refractivity contribution in [3.8, 4) is 0 Å². The second-order valence-corrected chi connectivity index (χ2v) is 9.69. The molecular formula is C28H34N4O3S. The summed E-state index contributed by atoms with van der Waals surface area (Å²) in [4.78, 5) is 18.3. The van der Waals surface area contributed by atoms with Gasteiger partial charge in [-0.25, -0.2) is 0 Å². The lowest BCUT2D eigenvalue weighted by Crippen LogP contribution is -2.60. The molecule has 7 nitrogen and oxygen atoms in total. The van der Waals surface area contributed by atoms with Gasteiger partial charge in [-0.05, 0) is 49.5 Å². The van der Waals surface area contributed by atoms with Crippen LogP contribution in [0.2, 0.25) is 0 Å². The van der Waals surface area contributed by atoms with E-state index in [1.54, 1.807) is 0 Å². The molecule has 8 heteroatoms. The zero-order chi connectivity index (χ0) is 24.9. The van der Waals surface area contributed by atoms with E-state index in [1.165, 1.54) is 0 Å². The molecule has 0 bridgehead atoms. The number of ether oxygens (including phenoxy) is 2. The van der Waals surface area contributed by atoms with Gasteiger partial charge >= 0.3 is 0 Å². The minimum absolute atomic E-state index is 0.00953. The largest absolute Gasteiger partial charge is 0.382 e. The van der Waals surface area contributed by atoms with Crippen molar-refractivity contribution < 1.29 is 14.3 Å². The van der Waals surface area contributed by atoms with Crippen LogP contribution in [0.4, 0.5) is 0 Å². The Balaban J connectivity index is 1.56. The summed E-state index contributed by atoms with van der Waals surface area (Å²) in [5, 5.41) is 7.81. The summed E-state index contributed by atoms with van der Waals surface area (Å²) in [6, 6.07) is 19.8. The third-order valence-electron chi connectivity index (χ3n) is 6.95. The monoisotopic (exact) mass is 506 g/mol. The summed E-state index contributed by atoms with van der Waals surface area (Å²) in [6.45, 7) is 5.23. The molecule has 3 aliphatic rings. The Kier molecular flexibility index (Phi) is 7.84. The Bertz CT molecular complexity index is 1090. The van der Waals surface area contributed by atoms with Crippen molar-refractivity contribution in [2.75, 3.05) is 32.9 Å². The second-order valence-electron chi connectivity index (χ2n) is 9.31. The average molecular weight is 507 g/mol. The lowest BCUT2D eigenvalue weighted by Gasteiger charge is -2.47. The number of carbonyl (C=O) groups is 1. The first-order valence-corrected chi connectivity index (χ1v) is 13.3. The summed E-state index contributed by atoms with van der Waals surface area (Å²) >= 11 is 5.87. The lowest BCUT2D eigenvalue weighted by atomic mass is 9.92. The summed E-state index contributed by atoms with van der Waals surface area (Å²) in [5.41, 5.74) is 2.73. The van der Waals surface area contributed by atoms with Crippen molar-refractivity contribution in [2.45, 2.75) is 44.5 Å². The highest BCUT2D eigenvalue weighted by Crippen LogP contribution is 2.38. The van der Waals surface area contributed by atoms with Gasteiger partial charge in [0.15, 0.2) is 5.11 Å². The van der Waals surface area contributed by atoms with E-state index >= 15 is 0 Å². The molecule has 0 spiro atoms. The smallest absolute Gasteiger partial charge is 0.257 e. The summed E-state index contributed by atoms with van der Waals surface area (Å²) in [5.74, 6) is 0.790. The van der Waals surface area contributed by atoms with E-state index < -0.39 is 0 Å². The van der Waals surface area contributed by atoms with Crippen LogP contribution in [0.5, 0.6) is 0 Å². The number of thiocarbonyl (C=S) groups is 1. The Hall–Kier alpha value is -2.94. The topological polar surface area (TPSA) is 66.1 Å². The van der Waals surface area contributed by atoms with Gasteiger partial charge in [0, 0.05) is 26.4 Å². The fourth-order valence-corrected chi connectivity index (χ4v) is 5.47. The Morgan fingerprint density at radius 3 is 2.44 bits per heavy atom. The predicted molar refractivity (Wildman–Crippen MR) is 143 cm³/mol. The highest BCUT2D eigenvalue weighted by Gasteiger charge is 2.44. The molecule has 3 aliphatic heterocycles. The molecule has 2 aromatic carbocycles. The molecule has 5 rings (SSSR count). The first kappa shape index (κ1) is 24.7. The van der Waals surface area contributed by atoms with Crippen molar-refractivity contribution in [3.63, 3.8) is 0 Å². The normalized spacial score (nSPS) is 24.0. The van der Waals surface area contributed by atoms with Crippen LogP contribution in [-0.4, -0.2) is 59.8 Å². The standard InChI is InChI=1S/C28H34N4O3S/c1-2-34-17-10-16-31-25(21-13-7-4-8-14-21)30-26-23(27(31)33)24(20-11-5-3-6-12-20)29-28(36)32(26)19-22-15-9-18-35-22/h3-8,11-14,22,24-25,30H,2,9-10,15-19H2,1H3,(H,29,36)/t22-,24-,25+/m1/s1. The molecule has 0 unspecified atom stereocenters. The van der Waals surface area contributed by atoms with Gasteiger partial charge in [-0.1, -0.05) is 60.7 Å². The minimum atomic E-state index is -0.333. The zero-order valence-corrected chi connectivity index (χ0v) is 21.5. The van der Waals surface area contributed by atoms with E-state index in [-0.39, 0.29) is 24.2 Å². The minimum Gasteiger partial charge on any atom is -0.382 e. The SMILES string of the molecule is CCOCCCN1C(=O)C2=C(N[C@@H]1c1ccccc1)N(C[C@H]1CCCO1)C(=S)N[C@@H]2c1ccccc1. The lowest BCUT2D eigenvalue weighted by molar-refractivity contribution is -0.132. The first-order valence-electron chi connectivity index (χ1n) is 12.9. The number of rotatable bonds is 9. The molecular weight excluding hydrogens is 472 g/mol. The van der Waals surface area contributed by atoms with Crippen molar-refractivity contribution in [3.05, 3.63) is 83.2 Å². The van der Waals surface area contributed by atoms with Crippen molar-refractivity contribution >= 4 is 23.2 Å². The third kappa shape index (κ3) is 5.12. The van der Waals surface area contributed by atoms with E-state index in [0.29, 0.717) is 37.0 Å². The van der Waals surface area contributed by atoms with E-state index in [1.807, 2.05) is 65.3 Å². The van der Waals surface area contributed by atoms with Crippen molar-refractivity contribution in [1.29, 1.82) is 0 Å². The van der Waals surface area contributed by atoms with Crippen LogP contribution in [0.25, 0.3) is 0 Å². The van der Waals surface area contributed by atoms with Crippen molar-refractivity contribution in [2.24, 2.45) is 0 Å². The van der Waals surface area contributed by atoms with E-state index in [9.17, 15) is 4.79 Å². The molecule has 0 saturated carbocycles. The molecule has 2 N–H and O–H groups in total. The number of hydrogen-bond acceptors (Lipinski definition) is 5. The molecule has 36 heavy (non-hydrogen) atoms. The number of hydrogen-bond donors (Lipinski definition) is 2. The van der Waals surface area contributed by atoms with Gasteiger partial charge in [0.2, 0.25) is 0 Å². The molecule has 3 heterocycles. The molecule has 0 radical (unpaired) electrons. The first-order chi connectivity index (χ1) is 17.7. The van der Waals surface area contributed by atoms with E-state index in [2.05, 4.69) is 22.8 Å². The molecule has 1 saturated heterocycles. The Labute approximate surface area is 218 Å². The summed E-state index contributed by atoms with van der Waals surface area (Å²) < 4.78 is 11.5. The van der Waals surface area contributed by atoms with Crippen molar-refractivity contribution in [1.82, 2.24) is 20.4 Å². The highest BCUT2D eigenvalue weighted by molar-refractivity contribution is 7.80. The number of amides is 1. The van der Waals surface area contributed by atoms with Gasteiger partial charge in [0.25, 0.3) is 5.91 Å². The molecule has 0 aromatic heterocycles. The number of nitrogens with one attached hydrogen (secondary N) is 2. The quantitative estimate of drug-likeness (QED) is 0.395. The Morgan fingerprint density at radius 2 is 1.78 bits per heavy atom. The molecule has 1 amide bonds. The molecule has 190 valence electrons. The number of benzene rings is 2. The molecule has 2 aromatic rings. The van der Waals surface area contributed by atoms with E-state index in [4.69, 9.17) is 21.7 Å². The molecule has 1 fully saturated rings. The van der Waals surface area contributed by atoms with Crippen LogP contribution in [0.15, 0.2) is 72.1 Å². The van der Waals surface area contributed by atoms with Crippen LogP contribution >= 0.6 is 12.2 Å². The van der Waals surface area contributed by atoms with Crippen LogP contribution in [0, 0.1) is 0 Å².